The van der Waals surface area contributed by atoms with Crippen molar-refractivity contribution < 1.29 is 9.90 Å². The van der Waals surface area contributed by atoms with E-state index < -0.39 is 0 Å². The lowest BCUT2D eigenvalue weighted by molar-refractivity contribution is 0.102. The largest absolute Gasteiger partial charge is 0.507 e. The monoisotopic (exact) mass is 482 g/mol. The van der Waals surface area contributed by atoms with Crippen molar-refractivity contribution in [2.24, 2.45) is 0 Å². The molecule has 0 aliphatic carbocycles. The summed E-state index contributed by atoms with van der Waals surface area (Å²) in [4.78, 5) is 28.6. The summed E-state index contributed by atoms with van der Waals surface area (Å²) >= 11 is 0. The number of phenols is 1. The Morgan fingerprint density at radius 2 is 1.94 bits per heavy atom. The van der Waals surface area contributed by atoms with Crippen LogP contribution in [0.25, 0.3) is 22.0 Å². The van der Waals surface area contributed by atoms with Crippen LogP contribution in [-0.4, -0.2) is 45.1 Å². The van der Waals surface area contributed by atoms with E-state index in [9.17, 15) is 9.90 Å². The van der Waals surface area contributed by atoms with Gasteiger partial charge in [0.15, 0.2) is 0 Å². The first-order valence-corrected chi connectivity index (χ1v) is 12.4. The number of carbonyl (C=O) groups excluding carboxylic acids is 1. The number of anilines is 3. The molecule has 0 bridgehead atoms. The molecule has 0 radical (unpaired) electrons. The number of aromatic hydroxyl groups is 1. The summed E-state index contributed by atoms with van der Waals surface area (Å²) in [5.74, 6) is 1.29. The molecule has 0 spiro atoms. The minimum atomic E-state index is -0.201. The third kappa shape index (κ3) is 5.07. The number of rotatable bonds is 7. The van der Waals surface area contributed by atoms with Crippen LogP contribution in [0.15, 0.2) is 60.9 Å². The zero-order valence-electron chi connectivity index (χ0n) is 20.5. The Morgan fingerprint density at radius 1 is 1.11 bits per heavy atom. The highest BCUT2D eigenvalue weighted by Crippen LogP contribution is 2.34. The number of hydrogen-bond donors (Lipinski definition) is 3. The second-order valence-corrected chi connectivity index (χ2v) is 9.21. The van der Waals surface area contributed by atoms with Gasteiger partial charge >= 0.3 is 0 Å². The molecule has 8 nitrogen and oxygen atoms in total. The summed E-state index contributed by atoms with van der Waals surface area (Å²) in [5.41, 5.74) is 3.28. The maximum absolute atomic E-state index is 13.0. The molecule has 1 atom stereocenters. The third-order valence-corrected chi connectivity index (χ3v) is 6.55. The molecule has 1 aliphatic heterocycles. The molecule has 3 heterocycles. The molecule has 1 aliphatic rings. The Labute approximate surface area is 210 Å². The van der Waals surface area contributed by atoms with Crippen LogP contribution in [0.4, 0.5) is 17.5 Å². The molecule has 8 heteroatoms. The third-order valence-electron chi connectivity index (χ3n) is 6.55. The lowest BCUT2D eigenvalue weighted by atomic mass is 10.0. The van der Waals surface area contributed by atoms with Gasteiger partial charge in [-0.15, -0.1) is 0 Å². The number of nitrogens with zero attached hydrogens (tertiary/aromatic N) is 4. The second kappa shape index (κ2) is 10.2. The highest BCUT2D eigenvalue weighted by Gasteiger charge is 2.16. The van der Waals surface area contributed by atoms with Gasteiger partial charge in [-0.2, -0.15) is 0 Å². The van der Waals surface area contributed by atoms with Crippen LogP contribution in [0, 0.1) is 0 Å². The van der Waals surface area contributed by atoms with Crippen LogP contribution in [-0.2, 0) is 0 Å². The molecule has 1 amide bonds. The van der Waals surface area contributed by atoms with E-state index in [0.29, 0.717) is 28.3 Å². The summed E-state index contributed by atoms with van der Waals surface area (Å²) in [6.07, 6.45) is 6.68. The number of benzene rings is 2. The molecule has 4 aromatic rings. The van der Waals surface area contributed by atoms with E-state index in [1.165, 1.54) is 0 Å². The molecule has 1 saturated heterocycles. The van der Waals surface area contributed by atoms with Gasteiger partial charge in [0, 0.05) is 59.8 Å². The van der Waals surface area contributed by atoms with Crippen LogP contribution in [0.2, 0.25) is 0 Å². The summed E-state index contributed by atoms with van der Waals surface area (Å²) in [6, 6.07) is 14.8. The summed E-state index contributed by atoms with van der Waals surface area (Å²) < 4.78 is 0. The summed E-state index contributed by atoms with van der Waals surface area (Å²) in [5, 5.41) is 17.8. The number of phenolic OH excluding ortho intramolecular Hbond substituents is 1. The molecule has 2 aromatic heterocycles. The summed E-state index contributed by atoms with van der Waals surface area (Å²) in [7, 11) is 0. The zero-order valence-corrected chi connectivity index (χ0v) is 20.5. The van der Waals surface area contributed by atoms with Crippen molar-refractivity contribution in [3.8, 4) is 16.9 Å². The van der Waals surface area contributed by atoms with Crippen LogP contribution >= 0.6 is 0 Å². The SMILES string of the molecule is CCC(C)Nc1ncc2cc(-c3cccc(NC(=O)c4ccnc(N5CCCC5)c4)c3)c(O)cc2n1. The first-order valence-electron chi connectivity index (χ1n) is 12.4. The second-order valence-electron chi connectivity index (χ2n) is 9.21. The number of nitrogens with one attached hydrogen (secondary N) is 2. The molecule has 36 heavy (non-hydrogen) atoms. The minimum Gasteiger partial charge on any atom is -0.507 e. The predicted octanol–water partition coefficient (Wildman–Crippen LogP) is 5.46. The summed E-state index contributed by atoms with van der Waals surface area (Å²) in [6.45, 7) is 6.10. The first kappa shape index (κ1) is 23.5. The Bertz CT molecular complexity index is 1400. The fraction of sp³-hybridized carbons (Fsp3) is 0.286. The maximum atomic E-state index is 13.0. The molecule has 0 saturated carbocycles. The van der Waals surface area contributed by atoms with Gasteiger partial charge in [-0.3, -0.25) is 4.79 Å². The van der Waals surface area contributed by atoms with Crippen molar-refractivity contribution in [2.75, 3.05) is 28.6 Å². The first-order chi connectivity index (χ1) is 17.5. The highest BCUT2D eigenvalue weighted by atomic mass is 16.3. The van der Waals surface area contributed by atoms with Crippen LogP contribution < -0.4 is 15.5 Å². The fourth-order valence-corrected chi connectivity index (χ4v) is 4.34. The van der Waals surface area contributed by atoms with E-state index in [1.54, 1.807) is 24.5 Å². The smallest absolute Gasteiger partial charge is 0.255 e. The van der Waals surface area contributed by atoms with E-state index in [-0.39, 0.29) is 17.7 Å². The van der Waals surface area contributed by atoms with Crippen LogP contribution in [0.1, 0.15) is 43.5 Å². The minimum absolute atomic E-state index is 0.114. The van der Waals surface area contributed by atoms with Gasteiger partial charge in [0.2, 0.25) is 5.95 Å². The quantitative estimate of drug-likeness (QED) is 0.321. The average Bonchev–Trinajstić information content (AvgIpc) is 3.44. The van der Waals surface area contributed by atoms with Gasteiger partial charge < -0.3 is 20.6 Å². The number of pyridine rings is 1. The number of aromatic nitrogens is 3. The Hall–Kier alpha value is -4.20. The van der Waals surface area contributed by atoms with Gasteiger partial charge in [-0.1, -0.05) is 19.1 Å². The molecule has 2 aromatic carbocycles. The van der Waals surface area contributed by atoms with E-state index in [2.05, 4.69) is 44.3 Å². The predicted molar refractivity (Wildman–Crippen MR) is 144 cm³/mol. The van der Waals surface area contributed by atoms with Crippen molar-refractivity contribution in [1.29, 1.82) is 0 Å². The van der Waals surface area contributed by atoms with Crippen LogP contribution in [0.5, 0.6) is 5.75 Å². The lowest BCUT2D eigenvalue weighted by Crippen LogP contribution is -2.20. The molecular weight excluding hydrogens is 452 g/mol. The molecule has 1 unspecified atom stereocenters. The molecule has 5 rings (SSSR count). The molecule has 184 valence electrons. The van der Waals surface area contributed by atoms with E-state index in [1.807, 2.05) is 36.4 Å². The van der Waals surface area contributed by atoms with Gasteiger partial charge in [0.05, 0.1) is 5.52 Å². The Kier molecular flexibility index (Phi) is 6.66. The fourth-order valence-electron chi connectivity index (χ4n) is 4.34. The number of carbonyl (C=O) groups is 1. The van der Waals surface area contributed by atoms with Crippen molar-refractivity contribution in [3.05, 3.63) is 66.5 Å². The molecule has 3 N–H and O–H groups in total. The normalized spacial score (nSPS) is 14.1. The lowest BCUT2D eigenvalue weighted by Gasteiger charge is -2.16. The number of amides is 1. The zero-order chi connectivity index (χ0) is 25.1. The topological polar surface area (TPSA) is 103 Å². The number of hydrogen-bond acceptors (Lipinski definition) is 7. The van der Waals surface area contributed by atoms with Crippen molar-refractivity contribution in [3.63, 3.8) is 0 Å². The van der Waals surface area contributed by atoms with Crippen molar-refractivity contribution in [1.82, 2.24) is 15.0 Å². The Balaban J connectivity index is 1.37. The van der Waals surface area contributed by atoms with E-state index in [4.69, 9.17) is 0 Å². The van der Waals surface area contributed by atoms with Gasteiger partial charge in [-0.25, -0.2) is 15.0 Å². The molecule has 1 fully saturated rings. The van der Waals surface area contributed by atoms with Crippen molar-refractivity contribution in [2.45, 2.75) is 39.2 Å². The maximum Gasteiger partial charge on any atom is 0.255 e. The number of fused-ring (bicyclic) bond motifs is 1. The van der Waals surface area contributed by atoms with Gasteiger partial charge in [0.25, 0.3) is 5.91 Å². The van der Waals surface area contributed by atoms with Gasteiger partial charge in [0.1, 0.15) is 11.6 Å². The van der Waals surface area contributed by atoms with E-state index in [0.717, 1.165) is 49.1 Å². The highest BCUT2D eigenvalue weighted by molar-refractivity contribution is 6.05. The van der Waals surface area contributed by atoms with Crippen LogP contribution in [0.3, 0.4) is 0 Å². The standard InChI is InChI=1S/C28H30N6O2/c1-3-18(2)31-28-30-17-21-14-23(25(35)16-24(21)33-28)19-7-6-8-22(13-19)32-27(36)20-9-10-29-26(15-20)34-11-4-5-12-34/h6-10,13-18,35H,3-5,11-12H2,1-2H3,(H,32,36)(H,30,31,33). The molecular formula is C28H30N6O2. The average molecular weight is 483 g/mol. The van der Waals surface area contributed by atoms with Crippen molar-refractivity contribution >= 4 is 34.3 Å². The van der Waals surface area contributed by atoms with Gasteiger partial charge in [-0.05, 0) is 62.1 Å². The Morgan fingerprint density at radius 3 is 2.75 bits per heavy atom. The van der Waals surface area contributed by atoms with E-state index >= 15 is 0 Å².